The van der Waals surface area contributed by atoms with Crippen molar-refractivity contribution in [2.24, 2.45) is 35.5 Å². The second-order valence-corrected chi connectivity index (χ2v) is 20.9. The van der Waals surface area contributed by atoms with Gasteiger partial charge >= 0.3 is 5.97 Å². The minimum absolute atomic E-state index is 0.0445. The number of thioether (sulfide) groups is 1. The molecule has 10 atom stereocenters. The highest BCUT2D eigenvalue weighted by Gasteiger charge is 2.44. The monoisotopic (exact) mass is 971 g/mol. The number of unbranched alkanes of at least 4 members (excludes halogenated alkanes) is 2. The summed E-state index contributed by atoms with van der Waals surface area (Å²) >= 11 is 1.38. The van der Waals surface area contributed by atoms with Crippen LogP contribution in [-0.2, 0) is 54.3 Å². The lowest BCUT2D eigenvalue weighted by atomic mass is 9.83. The summed E-state index contributed by atoms with van der Waals surface area (Å²) in [4.78, 5) is 114. The molecule has 0 spiro atoms. The van der Waals surface area contributed by atoms with Crippen LogP contribution in [0.4, 0.5) is 0 Å². The Morgan fingerprint density at radius 1 is 0.853 bits per heavy atom. The molecule has 1 aromatic rings. The summed E-state index contributed by atoms with van der Waals surface area (Å²) in [5.74, 6) is -5.30. The van der Waals surface area contributed by atoms with Crippen LogP contribution in [0.2, 0.25) is 0 Å². The van der Waals surface area contributed by atoms with Crippen molar-refractivity contribution in [3.8, 4) is 0 Å². The number of amides is 5. The van der Waals surface area contributed by atoms with Gasteiger partial charge in [-0.1, -0.05) is 91.6 Å². The van der Waals surface area contributed by atoms with Gasteiger partial charge < -0.3 is 29.3 Å². The van der Waals surface area contributed by atoms with Gasteiger partial charge in [-0.15, -0.1) is 0 Å². The number of carboxylic acid groups (broad SMARTS) is 1. The van der Waals surface area contributed by atoms with Crippen molar-refractivity contribution in [3.63, 3.8) is 0 Å². The molecule has 68 heavy (non-hydrogen) atoms. The van der Waals surface area contributed by atoms with Crippen LogP contribution < -0.4 is 0 Å². The van der Waals surface area contributed by atoms with Gasteiger partial charge in [0.2, 0.25) is 29.5 Å². The highest BCUT2D eigenvalue weighted by molar-refractivity contribution is 8.00. The third-order valence-corrected chi connectivity index (χ3v) is 15.5. The lowest BCUT2D eigenvalue weighted by molar-refractivity contribution is -0.150. The topological polar surface area (TPSA) is 188 Å². The number of hydrogen-bond acceptors (Lipinski definition) is 11. The number of hydrogen-bond donors (Lipinski definition) is 1. The normalized spacial score (nSPS) is 19.9. The highest BCUT2D eigenvalue weighted by Crippen LogP contribution is 2.32. The quantitative estimate of drug-likeness (QED) is 0.0646. The van der Waals surface area contributed by atoms with Crippen molar-refractivity contribution in [1.82, 2.24) is 19.6 Å². The number of ether oxygens (including phenoxy) is 2. The standard InChI is InChI=1S/C52H82N4O11S/c1-13-34(6)48(42(66-10)30-45(60)55-26-20-23-39(55)49(67-11)35(7)40(57)28-37(52(64)65)27-36-21-16-14-17-22-36)54(9)50(62)38(32(2)3)29-41(58)47(33(4)5)53(8)44(59)24-18-15-19-25-56-46(61)31-43(68-12)51(56)63/h14,16-17,21-22,32-35,37-39,42-43,47-49H,13,15,18-20,23-31H2,1-12H3,(H,64,65)/t34-,35-,37+,38-,39-,42+,43?,47?,48-,49+/m0/s1. The SMILES string of the molecule is CC[C@H](C)[C@@H]([C@@H](CC(=O)N1CCC[C@H]1[C@H](OC)[C@@H](C)C(=O)C[C@@H](Cc1ccccc1)C(=O)O)OC)N(C)C(=O)[C@@H](CC(=O)C(C(C)C)N(C)C(=O)CCCCCN1C(=O)CC(SC)C1=O)C(C)C. The van der Waals surface area contributed by atoms with Crippen LogP contribution in [0.3, 0.4) is 0 Å². The number of imide groups is 1. The molecule has 0 aliphatic carbocycles. The van der Waals surface area contributed by atoms with E-state index in [0.29, 0.717) is 51.6 Å². The van der Waals surface area contributed by atoms with E-state index in [2.05, 4.69) is 0 Å². The summed E-state index contributed by atoms with van der Waals surface area (Å²) < 4.78 is 12.0. The third-order valence-electron chi connectivity index (χ3n) is 14.5. The molecular formula is C52H82N4O11S. The first-order chi connectivity index (χ1) is 32.1. The Bertz CT molecular complexity index is 1860. The van der Waals surface area contributed by atoms with Gasteiger partial charge in [0.1, 0.15) is 5.78 Å². The van der Waals surface area contributed by atoms with Gasteiger partial charge in [0.25, 0.3) is 0 Å². The first-order valence-electron chi connectivity index (χ1n) is 24.7. The maximum atomic E-state index is 14.7. The summed E-state index contributed by atoms with van der Waals surface area (Å²) in [6, 6.07) is 7.49. The first-order valence-corrected chi connectivity index (χ1v) is 26.0. The van der Waals surface area contributed by atoms with Crippen molar-refractivity contribution in [2.75, 3.05) is 47.7 Å². The predicted molar refractivity (Wildman–Crippen MR) is 263 cm³/mol. The number of likely N-dealkylation sites (N-methyl/N-ethyl adjacent to an activating group) is 2. The van der Waals surface area contributed by atoms with E-state index in [4.69, 9.17) is 9.47 Å². The molecule has 0 radical (unpaired) electrons. The number of methoxy groups -OCH3 is 2. The molecule has 1 aromatic carbocycles. The number of rotatable bonds is 30. The van der Waals surface area contributed by atoms with E-state index in [-0.39, 0.29) is 103 Å². The van der Waals surface area contributed by atoms with Crippen molar-refractivity contribution < 1.29 is 52.9 Å². The number of Topliss-reactive ketones (excluding diaryl/α,β-unsaturated/α-hetero) is 2. The van der Waals surface area contributed by atoms with Crippen molar-refractivity contribution in [2.45, 2.75) is 161 Å². The molecular weight excluding hydrogens is 889 g/mol. The Morgan fingerprint density at radius 3 is 2.06 bits per heavy atom. The zero-order chi connectivity index (χ0) is 51.0. The number of benzene rings is 1. The number of carboxylic acids is 1. The fourth-order valence-electron chi connectivity index (χ4n) is 10.3. The van der Waals surface area contributed by atoms with Crippen molar-refractivity contribution in [1.29, 1.82) is 0 Å². The first kappa shape index (κ1) is 58.2. The van der Waals surface area contributed by atoms with Gasteiger partial charge in [0.05, 0.1) is 47.9 Å². The summed E-state index contributed by atoms with van der Waals surface area (Å²) in [5.41, 5.74) is 0.829. The van der Waals surface area contributed by atoms with E-state index in [1.165, 1.54) is 35.8 Å². The van der Waals surface area contributed by atoms with Gasteiger partial charge in [0, 0.05) is 78.9 Å². The molecule has 2 unspecified atom stereocenters. The number of nitrogens with zero attached hydrogens (tertiary/aromatic N) is 4. The Balaban J connectivity index is 1.70. The van der Waals surface area contributed by atoms with Crippen LogP contribution in [0.25, 0.3) is 0 Å². The molecule has 2 heterocycles. The fourth-order valence-corrected chi connectivity index (χ4v) is 10.9. The van der Waals surface area contributed by atoms with Crippen LogP contribution in [-0.4, -0.2) is 155 Å². The zero-order valence-corrected chi connectivity index (χ0v) is 43.8. The average molecular weight is 971 g/mol. The Hall–Kier alpha value is -4.15. The Kier molecular flexibility index (Phi) is 23.9. The highest BCUT2D eigenvalue weighted by atomic mass is 32.2. The van der Waals surface area contributed by atoms with Crippen molar-refractivity contribution in [3.05, 3.63) is 35.9 Å². The fraction of sp³-hybridized carbons (Fsp3) is 0.731. The van der Waals surface area contributed by atoms with E-state index in [1.54, 1.807) is 30.8 Å². The van der Waals surface area contributed by atoms with Gasteiger partial charge in [-0.25, -0.2) is 0 Å². The molecule has 2 fully saturated rings. The molecule has 0 aromatic heterocycles. The minimum atomic E-state index is -1.05. The second-order valence-electron chi connectivity index (χ2n) is 19.8. The van der Waals surface area contributed by atoms with Gasteiger partial charge in [0.15, 0.2) is 5.78 Å². The van der Waals surface area contributed by atoms with Gasteiger partial charge in [-0.2, -0.15) is 11.8 Å². The van der Waals surface area contributed by atoms with Crippen LogP contribution in [0.1, 0.15) is 125 Å². The van der Waals surface area contributed by atoms with Crippen LogP contribution in [0, 0.1) is 35.5 Å². The second kappa shape index (κ2) is 27.9. The zero-order valence-electron chi connectivity index (χ0n) is 42.9. The van der Waals surface area contributed by atoms with E-state index in [9.17, 15) is 43.5 Å². The van der Waals surface area contributed by atoms with Gasteiger partial charge in [-0.05, 0) is 61.7 Å². The summed E-state index contributed by atoms with van der Waals surface area (Å²) in [6.07, 6.45) is 4.54. The summed E-state index contributed by atoms with van der Waals surface area (Å²) in [5, 5.41) is 9.68. The molecule has 5 amide bonds. The maximum absolute atomic E-state index is 14.7. The lowest BCUT2D eigenvalue weighted by Gasteiger charge is -2.41. The number of carbonyl (C=O) groups is 8. The maximum Gasteiger partial charge on any atom is 0.307 e. The molecule has 3 rings (SSSR count). The molecule has 0 saturated carbocycles. The van der Waals surface area contributed by atoms with E-state index in [1.807, 2.05) is 78.1 Å². The third kappa shape index (κ3) is 15.4. The molecule has 2 aliphatic heterocycles. The number of aliphatic carboxylic acids is 1. The molecule has 382 valence electrons. The van der Waals surface area contributed by atoms with Gasteiger partial charge in [-0.3, -0.25) is 43.3 Å². The molecule has 1 N–H and O–H groups in total. The lowest BCUT2D eigenvalue weighted by Crippen LogP contribution is -2.54. The van der Waals surface area contributed by atoms with E-state index < -0.39 is 54.1 Å². The van der Waals surface area contributed by atoms with Crippen LogP contribution >= 0.6 is 11.8 Å². The Morgan fingerprint density at radius 2 is 1.51 bits per heavy atom. The smallest absolute Gasteiger partial charge is 0.307 e. The number of ketones is 2. The molecule has 16 heteroatoms. The summed E-state index contributed by atoms with van der Waals surface area (Å²) in [6.45, 7) is 14.1. The van der Waals surface area contributed by atoms with E-state index >= 15 is 0 Å². The molecule has 2 aliphatic rings. The van der Waals surface area contributed by atoms with Crippen molar-refractivity contribution >= 4 is 58.8 Å². The number of likely N-dealkylation sites (tertiary alicyclic amines) is 2. The van der Waals surface area contributed by atoms with Crippen LogP contribution in [0.15, 0.2) is 30.3 Å². The van der Waals surface area contributed by atoms with Crippen LogP contribution in [0.5, 0.6) is 0 Å². The molecule has 0 bridgehead atoms. The molecule has 2 saturated heterocycles. The largest absolute Gasteiger partial charge is 0.481 e. The Labute approximate surface area is 410 Å². The van der Waals surface area contributed by atoms with E-state index in [0.717, 1.165) is 5.56 Å². The number of carbonyl (C=O) groups excluding carboxylic acids is 7. The predicted octanol–water partition coefficient (Wildman–Crippen LogP) is 6.57. The average Bonchev–Trinajstić information content (AvgIpc) is 3.90. The molecule has 15 nitrogen and oxygen atoms in total. The minimum Gasteiger partial charge on any atom is -0.481 e. The summed E-state index contributed by atoms with van der Waals surface area (Å²) in [7, 11) is 6.37.